The lowest BCUT2D eigenvalue weighted by Crippen LogP contribution is -2.38. The van der Waals surface area contributed by atoms with Crippen molar-refractivity contribution in [2.24, 2.45) is 0 Å². The normalized spacial score (nSPS) is 14.3. The zero-order valence-electron chi connectivity index (χ0n) is 10.2. The summed E-state index contributed by atoms with van der Waals surface area (Å²) >= 11 is 1.30. The summed E-state index contributed by atoms with van der Waals surface area (Å²) in [6.07, 6.45) is 1.88. The van der Waals surface area contributed by atoms with Gasteiger partial charge in [-0.3, -0.25) is 9.59 Å². The first-order valence-electron chi connectivity index (χ1n) is 5.93. The third-order valence-electron chi connectivity index (χ3n) is 2.74. The fourth-order valence-corrected chi connectivity index (χ4v) is 2.49. The number of anilines is 1. The van der Waals surface area contributed by atoms with E-state index in [4.69, 9.17) is 10.5 Å². The van der Waals surface area contributed by atoms with Gasteiger partial charge in [0.1, 0.15) is 11.4 Å². The molecule has 5 nitrogen and oxygen atoms in total. The minimum atomic E-state index is -0.368. The number of thiophene rings is 1. The minimum Gasteiger partial charge on any atom is -0.465 e. The van der Waals surface area contributed by atoms with Gasteiger partial charge in [-0.1, -0.05) is 0 Å². The van der Waals surface area contributed by atoms with Crippen LogP contribution < -0.4 is 5.73 Å². The van der Waals surface area contributed by atoms with Crippen LogP contribution in [0.4, 0.5) is 5.69 Å². The van der Waals surface area contributed by atoms with Gasteiger partial charge in [-0.25, -0.2) is 0 Å². The van der Waals surface area contributed by atoms with E-state index < -0.39 is 0 Å². The van der Waals surface area contributed by atoms with Crippen molar-refractivity contribution in [1.29, 1.82) is 0 Å². The average Bonchev–Trinajstić information content (AvgIpc) is 3.08. The molecule has 1 heterocycles. The molecule has 0 atom stereocenters. The van der Waals surface area contributed by atoms with Gasteiger partial charge in [0.05, 0.1) is 12.3 Å². The van der Waals surface area contributed by atoms with E-state index in [1.807, 2.05) is 0 Å². The Balaban J connectivity index is 2.08. The second-order valence-corrected chi connectivity index (χ2v) is 5.09. The molecule has 0 radical (unpaired) electrons. The highest BCUT2D eigenvalue weighted by Crippen LogP contribution is 2.30. The number of esters is 1. The van der Waals surface area contributed by atoms with Crippen LogP contribution in [0.25, 0.3) is 0 Å². The first-order valence-corrected chi connectivity index (χ1v) is 6.81. The summed E-state index contributed by atoms with van der Waals surface area (Å²) in [4.78, 5) is 25.9. The highest BCUT2D eigenvalue weighted by molar-refractivity contribution is 7.12. The van der Waals surface area contributed by atoms with E-state index in [0.29, 0.717) is 17.2 Å². The lowest BCUT2D eigenvalue weighted by molar-refractivity contribution is -0.143. The zero-order valence-corrected chi connectivity index (χ0v) is 11.0. The van der Waals surface area contributed by atoms with E-state index >= 15 is 0 Å². The molecule has 1 fully saturated rings. The Labute approximate surface area is 110 Å². The summed E-state index contributed by atoms with van der Waals surface area (Å²) in [6.45, 7) is 2.08. The van der Waals surface area contributed by atoms with Crippen LogP contribution in [0.5, 0.6) is 0 Å². The quantitative estimate of drug-likeness (QED) is 0.821. The van der Waals surface area contributed by atoms with Crippen molar-refractivity contribution >= 4 is 28.9 Å². The van der Waals surface area contributed by atoms with Gasteiger partial charge in [0, 0.05) is 6.04 Å². The smallest absolute Gasteiger partial charge is 0.325 e. The summed E-state index contributed by atoms with van der Waals surface area (Å²) in [5.41, 5.74) is 6.21. The molecule has 1 aromatic heterocycles. The van der Waals surface area contributed by atoms with E-state index in [1.54, 1.807) is 23.3 Å². The standard InChI is InChI=1S/C12H16N2O3S/c1-2-17-10(15)7-14(8-3-4-8)12(16)11-9(13)5-6-18-11/h5-6,8H,2-4,7,13H2,1H3. The third-order valence-corrected chi connectivity index (χ3v) is 3.66. The lowest BCUT2D eigenvalue weighted by Gasteiger charge is -2.20. The van der Waals surface area contributed by atoms with Gasteiger partial charge in [-0.05, 0) is 31.2 Å². The van der Waals surface area contributed by atoms with Crippen molar-refractivity contribution in [2.45, 2.75) is 25.8 Å². The fourth-order valence-electron chi connectivity index (χ4n) is 1.72. The van der Waals surface area contributed by atoms with Gasteiger partial charge in [0.25, 0.3) is 5.91 Å². The zero-order chi connectivity index (χ0) is 13.1. The maximum Gasteiger partial charge on any atom is 0.325 e. The number of nitrogens with two attached hydrogens (primary N) is 1. The molecule has 1 amide bonds. The number of hydrogen-bond donors (Lipinski definition) is 1. The molecular weight excluding hydrogens is 252 g/mol. The molecule has 0 saturated heterocycles. The Bertz CT molecular complexity index is 454. The summed E-state index contributed by atoms with van der Waals surface area (Å²) in [5.74, 6) is -0.536. The van der Waals surface area contributed by atoms with Crippen molar-refractivity contribution in [3.05, 3.63) is 16.3 Å². The van der Waals surface area contributed by atoms with E-state index in [0.717, 1.165) is 12.8 Å². The molecule has 6 heteroatoms. The summed E-state index contributed by atoms with van der Waals surface area (Å²) < 4.78 is 4.89. The van der Waals surface area contributed by atoms with Gasteiger partial charge < -0.3 is 15.4 Å². The first kappa shape index (κ1) is 12.9. The van der Waals surface area contributed by atoms with E-state index in [1.165, 1.54) is 11.3 Å². The van der Waals surface area contributed by atoms with Gasteiger partial charge in [0.2, 0.25) is 0 Å². The molecule has 1 aromatic rings. The number of nitrogens with zero attached hydrogens (tertiary/aromatic N) is 1. The minimum absolute atomic E-state index is 0.00861. The maximum absolute atomic E-state index is 12.3. The number of nitrogen functional groups attached to an aromatic ring is 1. The average molecular weight is 268 g/mol. The number of amides is 1. The molecule has 1 saturated carbocycles. The lowest BCUT2D eigenvalue weighted by atomic mass is 10.3. The summed E-state index contributed by atoms with van der Waals surface area (Å²) in [6, 6.07) is 1.86. The largest absolute Gasteiger partial charge is 0.465 e. The topological polar surface area (TPSA) is 72.6 Å². The molecule has 18 heavy (non-hydrogen) atoms. The van der Waals surface area contributed by atoms with Crippen molar-refractivity contribution < 1.29 is 14.3 Å². The van der Waals surface area contributed by atoms with Crippen LogP contribution in [0, 0.1) is 0 Å². The Morgan fingerprint density at radius 3 is 2.78 bits per heavy atom. The molecule has 2 N–H and O–H groups in total. The number of carbonyl (C=O) groups excluding carboxylic acids is 2. The Morgan fingerprint density at radius 1 is 1.56 bits per heavy atom. The van der Waals surface area contributed by atoms with Crippen molar-refractivity contribution in [3.8, 4) is 0 Å². The number of rotatable bonds is 5. The van der Waals surface area contributed by atoms with E-state index in [2.05, 4.69) is 0 Å². The Morgan fingerprint density at radius 2 is 2.28 bits per heavy atom. The van der Waals surface area contributed by atoms with Gasteiger partial charge in [-0.2, -0.15) is 0 Å². The van der Waals surface area contributed by atoms with Crippen molar-refractivity contribution in [2.75, 3.05) is 18.9 Å². The molecule has 1 aliphatic rings. The predicted molar refractivity (Wildman–Crippen MR) is 69.4 cm³/mol. The predicted octanol–water partition coefficient (Wildman–Crippen LogP) is 1.50. The molecule has 0 unspecified atom stereocenters. The molecule has 2 rings (SSSR count). The van der Waals surface area contributed by atoms with Crippen LogP contribution in [0.1, 0.15) is 29.4 Å². The summed E-state index contributed by atoms with van der Waals surface area (Å²) in [7, 11) is 0. The molecule has 98 valence electrons. The van der Waals surface area contributed by atoms with Crippen LogP contribution in [-0.4, -0.2) is 36.0 Å². The summed E-state index contributed by atoms with van der Waals surface area (Å²) in [5, 5.41) is 1.78. The third kappa shape index (κ3) is 2.81. The van der Waals surface area contributed by atoms with Crippen LogP contribution in [0.3, 0.4) is 0 Å². The van der Waals surface area contributed by atoms with E-state index in [9.17, 15) is 9.59 Å². The highest BCUT2D eigenvalue weighted by atomic mass is 32.1. The second kappa shape index (κ2) is 5.39. The van der Waals surface area contributed by atoms with Crippen LogP contribution in [0.15, 0.2) is 11.4 Å². The fraction of sp³-hybridized carbons (Fsp3) is 0.500. The number of hydrogen-bond acceptors (Lipinski definition) is 5. The van der Waals surface area contributed by atoms with Crippen LogP contribution in [-0.2, 0) is 9.53 Å². The number of carbonyl (C=O) groups is 2. The molecule has 0 aromatic carbocycles. The van der Waals surface area contributed by atoms with E-state index in [-0.39, 0.29) is 24.5 Å². The molecule has 1 aliphatic carbocycles. The SMILES string of the molecule is CCOC(=O)CN(C(=O)c1sccc1N)C1CC1. The Kier molecular flexibility index (Phi) is 3.86. The number of ether oxygens (including phenoxy) is 1. The molecule has 0 aliphatic heterocycles. The van der Waals surface area contributed by atoms with Gasteiger partial charge in [0.15, 0.2) is 0 Å². The van der Waals surface area contributed by atoms with Crippen LogP contribution >= 0.6 is 11.3 Å². The monoisotopic (exact) mass is 268 g/mol. The van der Waals surface area contributed by atoms with Gasteiger partial charge in [-0.15, -0.1) is 11.3 Å². The molecule has 0 bridgehead atoms. The first-order chi connectivity index (χ1) is 8.63. The highest BCUT2D eigenvalue weighted by Gasteiger charge is 2.35. The second-order valence-electron chi connectivity index (χ2n) is 4.17. The maximum atomic E-state index is 12.3. The van der Waals surface area contributed by atoms with Crippen LogP contribution in [0.2, 0.25) is 0 Å². The van der Waals surface area contributed by atoms with Gasteiger partial charge >= 0.3 is 5.97 Å². The molecule has 0 spiro atoms. The van der Waals surface area contributed by atoms with Crippen molar-refractivity contribution in [3.63, 3.8) is 0 Å². The Hall–Kier alpha value is -1.56. The molecular formula is C12H16N2O3S. The van der Waals surface area contributed by atoms with Crippen molar-refractivity contribution in [1.82, 2.24) is 4.90 Å².